The Hall–Kier alpha value is -2.68. The smallest absolute Gasteiger partial charge is 0.257 e. The topological polar surface area (TPSA) is 71.4 Å². The average Bonchev–Trinajstić information content (AvgIpc) is 3.55. The number of nitrogens with zero attached hydrogens (tertiary/aromatic N) is 3. The van der Waals surface area contributed by atoms with Crippen LogP contribution in [0, 0.1) is 0 Å². The van der Waals surface area contributed by atoms with Crippen LogP contribution in [0.4, 0.5) is 0 Å². The molecule has 0 N–H and O–H groups in total. The van der Waals surface area contributed by atoms with Crippen molar-refractivity contribution in [3.63, 3.8) is 0 Å². The largest absolute Gasteiger partial charge is 0.467 e. The van der Waals surface area contributed by atoms with Crippen molar-refractivity contribution in [2.24, 2.45) is 5.10 Å². The van der Waals surface area contributed by atoms with Gasteiger partial charge in [-0.3, -0.25) is 9.69 Å². The minimum Gasteiger partial charge on any atom is -0.467 e. The highest BCUT2D eigenvalue weighted by Crippen LogP contribution is 2.33. The van der Waals surface area contributed by atoms with Gasteiger partial charge in [0.1, 0.15) is 23.3 Å². The molecule has 3 aromatic rings. The average molecular weight is 484 g/mol. The van der Waals surface area contributed by atoms with Gasteiger partial charge < -0.3 is 13.6 Å². The molecule has 0 saturated carbocycles. The van der Waals surface area contributed by atoms with E-state index in [1.165, 1.54) is 0 Å². The van der Waals surface area contributed by atoms with Crippen LogP contribution >= 0.6 is 15.9 Å². The van der Waals surface area contributed by atoms with Gasteiger partial charge in [-0.15, -0.1) is 0 Å². The summed E-state index contributed by atoms with van der Waals surface area (Å²) in [4.78, 5) is 15.4. The molecule has 8 heteroatoms. The first-order valence-corrected chi connectivity index (χ1v) is 11.0. The number of halogens is 1. The normalized spacial score (nSPS) is 22.0. The summed E-state index contributed by atoms with van der Waals surface area (Å²) in [5.74, 6) is 1.32. The summed E-state index contributed by atoms with van der Waals surface area (Å²) in [5, 5.41) is 6.15. The van der Waals surface area contributed by atoms with Crippen LogP contribution < -0.4 is 0 Å². The molecular weight excluding hydrogens is 462 g/mol. The minimum atomic E-state index is -0.272. The van der Waals surface area contributed by atoms with Gasteiger partial charge in [0.2, 0.25) is 0 Å². The Balaban J connectivity index is 1.31. The highest BCUT2D eigenvalue weighted by molar-refractivity contribution is 9.10. The fraction of sp³-hybridized carbons (Fsp3) is 0.304. The summed E-state index contributed by atoms with van der Waals surface area (Å²) in [7, 11) is 0. The fourth-order valence-electron chi connectivity index (χ4n) is 4.02. The molecule has 2 aliphatic heterocycles. The monoisotopic (exact) mass is 483 g/mol. The predicted octanol–water partition coefficient (Wildman–Crippen LogP) is 4.39. The Bertz CT molecular complexity index is 1050. The van der Waals surface area contributed by atoms with Gasteiger partial charge in [0, 0.05) is 24.0 Å². The van der Waals surface area contributed by atoms with Crippen LogP contribution in [0.1, 0.15) is 35.7 Å². The van der Waals surface area contributed by atoms with Crippen molar-refractivity contribution in [1.29, 1.82) is 0 Å². The Morgan fingerprint density at radius 1 is 1.10 bits per heavy atom. The van der Waals surface area contributed by atoms with Gasteiger partial charge in [0.05, 0.1) is 31.8 Å². The van der Waals surface area contributed by atoms with E-state index in [9.17, 15) is 4.79 Å². The Morgan fingerprint density at radius 3 is 2.65 bits per heavy atom. The molecule has 1 fully saturated rings. The van der Waals surface area contributed by atoms with E-state index in [0.717, 1.165) is 15.7 Å². The number of ether oxygens (including phenoxy) is 1. The first kappa shape index (κ1) is 20.2. The van der Waals surface area contributed by atoms with E-state index in [1.807, 2.05) is 48.5 Å². The second kappa shape index (κ2) is 8.82. The molecule has 160 valence electrons. The molecule has 2 aromatic heterocycles. The summed E-state index contributed by atoms with van der Waals surface area (Å²) in [6.07, 6.45) is 3.72. The lowest BCUT2D eigenvalue weighted by Gasteiger charge is -2.33. The summed E-state index contributed by atoms with van der Waals surface area (Å²) < 4.78 is 18.1. The third-order valence-corrected chi connectivity index (χ3v) is 6.12. The molecule has 31 heavy (non-hydrogen) atoms. The number of benzene rings is 1. The quantitative estimate of drug-likeness (QED) is 0.538. The standard InChI is InChI=1S/C23H22BrN3O4/c24-17-7-5-16(6-8-17)22-14-26(9-12-31-22)15-23(28)27-19(21-4-2-11-30-21)13-18(25-27)20-3-1-10-29-20/h1-8,10-11,19,22H,9,12-15H2. The van der Waals surface area contributed by atoms with Crippen LogP contribution in [0.15, 0.2) is 79.5 Å². The third-order valence-electron chi connectivity index (χ3n) is 5.59. The zero-order valence-electron chi connectivity index (χ0n) is 16.8. The Morgan fingerprint density at radius 2 is 1.90 bits per heavy atom. The molecule has 7 nitrogen and oxygen atoms in total. The highest BCUT2D eigenvalue weighted by atomic mass is 79.9. The first-order chi connectivity index (χ1) is 15.2. The van der Waals surface area contributed by atoms with E-state index in [0.29, 0.717) is 37.6 Å². The molecule has 0 radical (unpaired) electrons. The van der Waals surface area contributed by atoms with Gasteiger partial charge in [-0.05, 0) is 42.0 Å². The van der Waals surface area contributed by atoms with Gasteiger partial charge >= 0.3 is 0 Å². The number of hydrogen-bond donors (Lipinski definition) is 0. The molecule has 5 rings (SSSR count). The van der Waals surface area contributed by atoms with Crippen molar-refractivity contribution in [2.75, 3.05) is 26.2 Å². The van der Waals surface area contributed by atoms with Gasteiger partial charge in [-0.1, -0.05) is 28.1 Å². The van der Waals surface area contributed by atoms with E-state index in [4.69, 9.17) is 13.6 Å². The van der Waals surface area contributed by atoms with E-state index in [1.54, 1.807) is 17.5 Å². The lowest BCUT2D eigenvalue weighted by atomic mass is 10.1. The van der Waals surface area contributed by atoms with Crippen molar-refractivity contribution in [3.8, 4) is 0 Å². The second-order valence-corrected chi connectivity index (χ2v) is 8.56. The van der Waals surface area contributed by atoms with Gasteiger partial charge in [-0.2, -0.15) is 5.10 Å². The second-order valence-electron chi connectivity index (χ2n) is 7.64. The van der Waals surface area contributed by atoms with Crippen molar-refractivity contribution in [3.05, 3.63) is 82.6 Å². The molecule has 1 saturated heterocycles. The number of rotatable bonds is 5. The molecule has 0 bridgehead atoms. The summed E-state index contributed by atoms with van der Waals surface area (Å²) in [5.41, 5.74) is 1.85. The zero-order valence-corrected chi connectivity index (χ0v) is 18.4. The van der Waals surface area contributed by atoms with E-state index in [2.05, 4.69) is 25.9 Å². The first-order valence-electron chi connectivity index (χ1n) is 10.2. The fourth-order valence-corrected chi connectivity index (χ4v) is 4.29. The maximum absolute atomic E-state index is 13.3. The third kappa shape index (κ3) is 4.37. The van der Waals surface area contributed by atoms with Gasteiger partial charge in [0.15, 0.2) is 0 Å². The van der Waals surface area contributed by atoms with Gasteiger partial charge in [-0.25, -0.2) is 5.01 Å². The number of hydrogen-bond acceptors (Lipinski definition) is 6. The van der Waals surface area contributed by atoms with Crippen LogP contribution in [0.2, 0.25) is 0 Å². The number of carbonyl (C=O) groups excluding carboxylic acids is 1. The molecule has 1 aromatic carbocycles. The van der Waals surface area contributed by atoms with Crippen LogP contribution in [-0.2, 0) is 9.53 Å². The lowest BCUT2D eigenvalue weighted by molar-refractivity contribution is -0.136. The lowest BCUT2D eigenvalue weighted by Crippen LogP contribution is -2.44. The van der Waals surface area contributed by atoms with Crippen molar-refractivity contribution in [1.82, 2.24) is 9.91 Å². The molecule has 4 heterocycles. The van der Waals surface area contributed by atoms with Crippen molar-refractivity contribution >= 4 is 27.5 Å². The molecule has 2 aliphatic rings. The predicted molar refractivity (Wildman–Crippen MR) is 117 cm³/mol. The number of hydrazone groups is 1. The number of amides is 1. The zero-order chi connectivity index (χ0) is 21.2. The Labute approximate surface area is 188 Å². The minimum absolute atomic E-state index is 0.0590. The maximum atomic E-state index is 13.3. The number of furan rings is 2. The summed E-state index contributed by atoms with van der Waals surface area (Å²) in [6.45, 7) is 2.20. The van der Waals surface area contributed by atoms with Crippen LogP contribution in [0.25, 0.3) is 0 Å². The van der Waals surface area contributed by atoms with Crippen LogP contribution in [0.5, 0.6) is 0 Å². The molecular formula is C23H22BrN3O4. The van der Waals surface area contributed by atoms with Crippen LogP contribution in [0.3, 0.4) is 0 Å². The van der Waals surface area contributed by atoms with Gasteiger partial charge in [0.25, 0.3) is 5.91 Å². The van der Waals surface area contributed by atoms with Crippen molar-refractivity contribution in [2.45, 2.75) is 18.6 Å². The molecule has 1 amide bonds. The molecule has 0 aliphatic carbocycles. The summed E-state index contributed by atoms with van der Waals surface area (Å²) in [6, 6.07) is 15.2. The van der Waals surface area contributed by atoms with E-state index in [-0.39, 0.29) is 24.6 Å². The van der Waals surface area contributed by atoms with Crippen LogP contribution in [-0.4, -0.2) is 47.8 Å². The van der Waals surface area contributed by atoms with Crippen molar-refractivity contribution < 1.29 is 18.4 Å². The van der Waals surface area contributed by atoms with E-state index >= 15 is 0 Å². The number of morpholine rings is 1. The highest BCUT2D eigenvalue weighted by Gasteiger charge is 2.36. The number of carbonyl (C=O) groups is 1. The molecule has 2 atom stereocenters. The Kier molecular flexibility index (Phi) is 5.76. The van der Waals surface area contributed by atoms with E-state index < -0.39 is 0 Å². The molecule has 0 spiro atoms. The summed E-state index contributed by atoms with van der Waals surface area (Å²) >= 11 is 3.46. The SMILES string of the molecule is O=C(CN1CCOC(c2ccc(Br)cc2)C1)N1N=C(c2ccco2)CC1c1ccco1. The molecule has 2 unspecified atom stereocenters. The maximum Gasteiger partial charge on any atom is 0.257 e.